The Labute approximate surface area is 118 Å². The Balaban J connectivity index is 1.83. The molecule has 20 heavy (non-hydrogen) atoms. The summed E-state index contributed by atoms with van der Waals surface area (Å²) in [5, 5.41) is 4.07. The third-order valence-corrected chi connectivity index (χ3v) is 3.59. The number of carbonyl (C=O) groups is 1. The van der Waals surface area contributed by atoms with Crippen LogP contribution in [0.15, 0.2) is 36.5 Å². The molecule has 1 fully saturated rings. The molecule has 2 N–H and O–H groups in total. The van der Waals surface area contributed by atoms with Gasteiger partial charge in [-0.15, -0.1) is 0 Å². The SMILES string of the molecule is Cn1nccc1C(=O)N(Cc1cccc(N)c1)C1CC1. The molecule has 0 saturated heterocycles. The lowest BCUT2D eigenvalue weighted by atomic mass is 10.2. The first kappa shape index (κ1) is 12.7. The summed E-state index contributed by atoms with van der Waals surface area (Å²) < 4.78 is 1.62. The minimum atomic E-state index is 0.0370. The fraction of sp³-hybridized carbons (Fsp3) is 0.333. The normalized spacial score (nSPS) is 14.2. The van der Waals surface area contributed by atoms with E-state index >= 15 is 0 Å². The Morgan fingerprint density at radius 1 is 1.45 bits per heavy atom. The van der Waals surface area contributed by atoms with Gasteiger partial charge in [0.25, 0.3) is 5.91 Å². The van der Waals surface area contributed by atoms with Crippen molar-refractivity contribution in [2.45, 2.75) is 25.4 Å². The molecule has 104 valence electrons. The summed E-state index contributed by atoms with van der Waals surface area (Å²) in [6.45, 7) is 0.597. The molecule has 2 aromatic rings. The smallest absolute Gasteiger partial charge is 0.272 e. The Morgan fingerprint density at radius 3 is 2.85 bits per heavy atom. The van der Waals surface area contributed by atoms with E-state index < -0.39 is 0 Å². The van der Waals surface area contributed by atoms with Crippen LogP contribution >= 0.6 is 0 Å². The standard InChI is InChI=1S/C15H18N4O/c1-18-14(7-8-17-18)15(20)19(13-5-6-13)10-11-3-2-4-12(16)9-11/h2-4,7-9,13H,5-6,10,16H2,1H3. The van der Waals surface area contributed by atoms with Crippen LogP contribution in [0.3, 0.4) is 0 Å². The first-order valence-electron chi connectivity index (χ1n) is 6.78. The lowest BCUT2D eigenvalue weighted by Crippen LogP contribution is -2.33. The Kier molecular flexibility index (Phi) is 3.18. The van der Waals surface area contributed by atoms with E-state index in [1.54, 1.807) is 24.0 Å². The van der Waals surface area contributed by atoms with Crippen molar-refractivity contribution in [2.24, 2.45) is 7.05 Å². The molecule has 1 heterocycles. The van der Waals surface area contributed by atoms with Gasteiger partial charge in [-0.05, 0) is 36.6 Å². The summed E-state index contributed by atoms with van der Waals surface area (Å²) in [5.74, 6) is 0.0370. The highest BCUT2D eigenvalue weighted by molar-refractivity contribution is 5.92. The van der Waals surface area contributed by atoms with E-state index in [-0.39, 0.29) is 5.91 Å². The average molecular weight is 270 g/mol. The first-order valence-corrected chi connectivity index (χ1v) is 6.78. The number of aromatic nitrogens is 2. The van der Waals surface area contributed by atoms with Crippen LogP contribution < -0.4 is 5.73 Å². The number of anilines is 1. The summed E-state index contributed by atoms with van der Waals surface area (Å²) >= 11 is 0. The number of rotatable bonds is 4. The second-order valence-electron chi connectivity index (χ2n) is 5.25. The molecule has 0 spiro atoms. The Hall–Kier alpha value is -2.30. The highest BCUT2D eigenvalue weighted by Gasteiger charge is 2.34. The topological polar surface area (TPSA) is 64.2 Å². The number of benzene rings is 1. The van der Waals surface area contributed by atoms with Crippen molar-refractivity contribution >= 4 is 11.6 Å². The minimum Gasteiger partial charge on any atom is -0.399 e. The molecular weight excluding hydrogens is 252 g/mol. The maximum Gasteiger partial charge on any atom is 0.272 e. The lowest BCUT2D eigenvalue weighted by Gasteiger charge is -2.22. The largest absolute Gasteiger partial charge is 0.399 e. The van der Waals surface area contributed by atoms with E-state index in [0.717, 1.165) is 24.1 Å². The zero-order chi connectivity index (χ0) is 14.1. The Bertz CT molecular complexity index is 630. The highest BCUT2D eigenvalue weighted by Crippen LogP contribution is 2.30. The molecule has 5 heteroatoms. The van der Waals surface area contributed by atoms with E-state index in [4.69, 9.17) is 5.73 Å². The zero-order valence-corrected chi connectivity index (χ0v) is 11.5. The van der Waals surface area contributed by atoms with E-state index in [1.165, 1.54) is 0 Å². The van der Waals surface area contributed by atoms with Crippen LogP contribution in [0.2, 0.25) is 0 Å². The van der Waals surface area contributed by atoms with Gasteiger partial charge < -0.3 is 10.6 Å². The fourth-order valence-electron chi connectivity index (χ4n) is 2.37. The number of nitrogens with two attached hydrogens (primary N) is 1. The van der Waals surface area contributed by atoms with Gasteiger partial charge >= 0.3 is 0 Å². The molecule has 0 unspecified atom stereocenters. The molecule has 0 bridgehead atoms. The van der Waals surface area contributed by atoms with Gasteiger partial charge in [0.2, 0.25) is 0 Å². The van der Waals surface area contributed by atoms with Crippen LogP contribution in [-0.2, 0) is 13.6 Å². The van der Waals surface area contributed by atoms with Crippen molar-refractivity contribution in [3.05, 3.63) is 47.8 Å². The van der Waals surface area contributed by atoms with E-state index in [1.807, 2.05) is 29.2 Å². The maximum atomic E-state index is 12.6. The molecular formula is C15H18N4O. The number of aryl methyl sites for hydroxylation is 1. The second-order valence-corrected chi connectivity index (χ2v) is 5.25. The van der Waals surface area contributed by atoms with Gasteiger partial charge in [0.15, 0.2) is 0 Å². The van der Waals surface area contributed by atoms with Gasteiger partial charge in [-0.25, -0.2) is 0 Å². The molecule has 1 aromatic carbocycles. The van der Waals surface area contributed by atoms with Gasteiger partial charge in [-0.3, -0.25) is 9.48 Å². The van der Waals surface area contributed by atoms with Gasteiger partial charge in [0, 0.05) is 31.5 Å². The summed E-state index contributed by atoms with van der Waals surface area (Å²) in [5.41, 5.74) is 8.22. The molecule has 3 rings (SSSR count). The van der Waals surface area contributed by atoms with Crippen molar-refractivity contribution < 1.29 is 4.79 Å². The number of carbonyl (C=O) groups excluding carboxylic acids is 1. The van der Waals surface area contributed by atoms with Gasteiger partial charge in [-0.1, -0.05) is 12.1 Å². The first-order chi connectivity index (χ1) is 9.65. The second kappa shape index (κ2) is 5.00. The number of amides is 1. The van der Waals surface area contributed by atoms with Crippen LogP contribution in [0.1, 0.15) is 28.9 Å². The molecule has 0 atom stereocenters. The van der Waals surface area contributed by atoms with Gasteiger partial charge in [0.05, 0.1) is 0 Å². The molecule has 1 amide bonds. The van der Waals surface area contributed by atoms with Crippen molar-refractivity contribution in [3.63, 3.8) is 0 Å². The third kappa shape index (κ3) is 2.52. The van der Waals surface area contributed by atoms with Crippen molar-refractivity contribution in [2.75, 3.05) is 5.73 Å². The number of nitrogens with zero attached hydrogens (tertiary/aromatic N) is 3. The molecule has 0 radical (unpaired) electrons. The number of hydrogen-bond acceptors (Lipinski definition) is 3. The van der Waals surface area contributed by atoms with Gasteiger partial charge in [-0.2, -0.15) is 5.10 Å². The summed E-state index contributed by atoms with van der Waals surface area (Å²) in [7, 11) is 1.79. The van der Waals surface area contributed by atoms with Gasteiger partial charge in [0.1, 0.15) is 5.69 Å². The highest BCUT2D eigenvalue weighted by atomic mass is 16.2. The van der Waals surface area contributed by atoms with Crippen LogP contribution in [0, 0.1) is 0 Å². The molecule has 1 aromatic heterocycles. The van der Waals surface area contributed by atoms with Crippen molar-refractivity contribution in [1.29, 1.82) is 0 Å². The predicted octanol–water partition coefficient (Wildman–Crippen LogP) is 1.81. The summed E-state index contributed by atoms with van der Waals surface area (Å²) in [6.07, 6.45) is 3.80. The number of hydrogen-bond donors (Lipinski definition) is 1. The van der Waals surface area contributed by atoms with Crippen molar-refractivity contribution in [3.8, 4) is 0 Å². The third-order valence-electron chi connectivity index (χ3n) is 3.59. The molecule has 5 nitrogen and oxygen atoms in total. The molecule has 1 saturated carbocycles. The molecule has 1 aliphatic rings. The monoisotopic (exact) mass is 270 g/mol. The van der Waals surface area contributed by atoms with Crippen LogP contribution in [0.4, 0.5) is 5.69 Å². The Morgan fingerprint density at radius 2 is 2.25 bits per heavy atom. The maximum absolute atomic E-state index is 12.6. The molecule has 0 aliphatic heterocycles. The average Bonchev–Trinajstić information content (AvgIpc) is 3.17. The zero-order valence-electron chi connectivity index (χ0n) is 11.5. The van der Waals surface area contributed by atoms with Crippen LogP contribution in [0.25, 0.3) is 0 Å². The van der Waals surface area contributed by atoms with E-state index in [0.29, 0.717) is 18.3 Å². The quantitative estimate of drug-likeness (QED) is 0.862. The summed E-state index contributed by atoms with van der Waals surface area (Å²) in [6, 6.07) is 9.81. The summed E-state index contributed by atoms with van der Waals surface area (Å²) in [4.78, 5) is 14.6. The van der Waals surface area contributed by atoms with Crippen LogP contribution in [0.5, 0.6) is 0 Å². The predicted molar refractivity (Wildman–Crippen MR) is 77.0 cm³/mol. The molecule has 1 aliphatic carbocycles. The lowest BCUT2D eigenvalue weighted by molar-refractivity contribution is 0.0718. The fourth-order valence-corrected chi connectivity index (χ4v) is 2.37. The van der Waals surface area contributed by atoms with Crippen LogP contribution in [-0.4, -0.2) is 26.6 Å². The number of nitrogen functional groups attached to an aromatic ring is 1. The van der Waals surface area contributed by atoms with E-state index in [9.17, 15) is 4.79 Å². The minimum absolute atomic E-state index is 0.0370. The van der Waals surface area contributed by atoms with Crippen molar-refractivity contribution in [1.82, 2.24) is 14.7 Å². The van der Waals surface area contributed by atoms with E-state index in [2.05, 4.69) is 5.10 Å².